The van der Waals surface area contributed by atoms with E-state index < -0.39 is 70.8 Å². The van der Waals surface area contributed by atoms with Gasteiger partial charge in [0, 0.05) is 39.6 Å². The summed E-state index contributed by atoms with van der Waals surface area (Å²) in [4.78, 5) is 48.8. The molecule has 16 heteroatoms. The summed E-state index contributed by atoms with van der Waals surface area (Å²) in [5, 5.41) is 37.7. The van der Waals surface area contributed by atoms with E-state index in [4.69, 9.17) is 19.7 Å². The van der Waals surface area contributed by atoms with Crippen LogP contribution in [0, 0.1) is 0 Å². The van der Waals surface area contributed by atoms with Gasteiger partial charge in [0.05, 0.1) is 50.3 Å². The van der Waals surface area contributed by atoms with Crippen LogP contribution in [0.3, 0.4) is 0 Å². The van der Waals surface area contributed by atoms with E-state index in [-0.39, 0.29) is 39.1 Å². The van der Waals surface area contributed by atoms with E-state index in [0.29, 0.717) is 37.4 Å². The number of carbonyl (C=O) groups is 4. The number of hydrogen-bond donors (Lipinski definition) is 5. The third-order valence-electron chi connectivity index (χ3n) is 5.50. The molecule has 3 atom stereocenters. The summed E-state index contributed by atoms with van der Waals surface area (Å²) in [7, 11) is -4.76. The number of aliphatic carboxylic acids is 2. The van der Waals surface area contributed by atoms with E-state index >= 15 is 0 Å². The van der Waals surface area contributed by atoms with Gasteiger partial charge in [0.25, 0.3) is 10.1 Å². The van der Waals surface area contributed by atoms with Gasteiger partial charge in [-0.15, -0.1) is 0 Å². The van der Waals surface area contributed by atoms with Crippen molar-refractivity contribution in [2.75, 3.05) is 58.4 Å². The second-order valence-corrected chi connectivity index (χ2v) is 10.6. The number of ether oxygens (including phenoxy) is 2. The van der Waals surface area contributed by atoms with Gasteiger partial charge < -0.3 is 34.8 Å². The summed E-state index contributed by atoms with van der Waals surface area (Å²) < 4.78 is 42.7. The molecule has 39 heavy (non-hydrogen) atoms. The smallest absolute Gasteiger partial charge is 0.317 e. The molecule has 0 saturated heterocycles. The second kappa shape index (κ2) is 19.8. The van der Waals surface area contributed by atoms with Crippen molar-refractivity contribution in [3.8, 4) is 0 Å². The maximum Gasteiger partial charge on any atom is 0.317 e. The van der Waals surface area contributed by atoms with Crippen molar-refractivity contribution in [3.05, 3.63) is 0 Å². The Morgan fingerprint density at radius 2 is 1.38 bits per heavy atom. The number of Topliss-reactive ketones (excluding diaryl/α,β-unsaturated/α-hetero) is 1. The molecule has 0 aromatic heterocycles. The van der Waals surface area contributed by atoms with Crippen LogP contribution in [-0.2, 0) is 38.8 Å². The monoisotopic (exact) mass is 586 g/mol. The lowest BCUT2D eigenvalue weighted by atomic mass is 10.1. The first-order chi connectivity index (χ1) is 18.2. The largest absolute Gasteiger partial charge is 0.480 e. The van der Waals surface area contributed by atoms with Gasteiger partial charge in [0.2, 0.25) is 5.91 Å². The summed E-state index contributed by atoms with van der Waals surface area (Å²) in [6, 6.07) is -1.72. The molecule has 0 saturated carbocycles. The van der Waals surface area contributed by atoms with E-state index in [2.05, 4.69) is 0 Å². The van der Waals surface area contributed by atoms with Crippen molar-refractivity contribution in [2.45, 2.75) is 64.2 Å². The molecule has 0 spiro atoms. The minimum atomic E-state index is -4.76. The molecule has 3 unspecified atom stereocenters. The highest BCUT2D eigenvalue weighted by atomic mass is 32.2. The van der Waals surface area contributed by atoms with Gasteiger partial charge in [0.15, 0.2) is 5.78 Å². The molecule has 1 amide bonds. The fourth-order valence-electron chi connectivity index (χ4n) is 3.49. The van der Waals surface area contributed by atoms with Gasteiger partial charge in [-0.05, 0) is 25.7 Å². The van der Waals surface area contributed by atoms with Crippen LogP contribution in [0.1, 0.15) is 46.0 Å². The molecule has 0 fully saturated rings. The molecule has 0 aliphatic heterocycles. The lowest BCUT2D eigenvalue weighted by Crippen LogP contribution is -2.50. The summed E-state index contributed by atoms with van der Waals surface area (Å²) in [5.41, 5.74) is 0. The minimum Gasteiger partial charge on any atom is -0.480 e. The van der Waals surface area contributed by atoms with Gasteiger partial charge >= 0.3 is 11.9 Å². The van der Waals surface area contributed by atoms with Crippen molar-refractivity contribution in [1.29, 1.82) is 0 Å². The lowest BCUT2D eigenvalue weighted by molar-refractivity contribution is -0.144. The summed E-state index contributed by atoms with van der Waals surface area (Å²) >= 11 is 0. The molecule has 228 valence electrons. The van der Waals surface area contributed by atoms with E-state index in [0.717, 1.165) is 0 Å². The van der Waals surface area contributed by atoms with Crippen LogP contribution in [0.2, 0.25) is 0 Å². The van der Waals surface area contributed by atoms with Crippen LogP contribution in [0.4, 0.5) is 0 Å². The van der Waals surface area contributed by atoms with Crippen LogP contribution >= 0.6 is 0 Å². The number of aliphatic hydroxyl groups is 2. The molecule has 0 aliphatic rings. The highest BCUT2D eigenvalue weighted by molar-refractivity contribution is 7.85. The van der Waals surface area contributed by atoms with Gasteiger partial charge in [-0.25, -0.2) is 0 Å². The molecule has 0 rings (SSSR count). The first kappa shape index (κ1) is 36.8. The molecule has 0 aromatic rings. The van der Waals surface area contributed by atoms with Crippen molar-refractivity contribution in [3.63, 3.8) is 0 Å². The van der Waals surface area contributed by atoms with Crippen LogP contribution in [-0.4, -0.2) is 143 Å². The van der Waals surface area contributed by atoms with E-state index in [1.165, 1.54) is 11.8 Å². The topological polar surface area (TPSA) is 229 Å². The highest BCUT2D eigenvalue weighted by Gasteiger charge is 2.32. The number of unbranched alkanes of at least 4 members (excludes halogenated alkanes) is 1. The summed E-state index contributed by atoms with van der Waals surface area (Å²) in [6.07, 6.45) is 0.142. The molecular formula is C23H42N2O13S. The Morgan fingerprint density at radius 1 is 0.872 bits per heavy atom. The fourth-order valence-corrected chi connectivity index (χ4v) is 4.28. The average molecular weight is 587 g/mol. The zero-order valence-corrected chi connectivity index (χ0v) is 23.3. The summed E-state index contributed by atoms with van der Waals surface area (Å²) in [5.74, 6) is -5.41. The van der Waals surface area contributed by atoms with Gasteiger partial charge in [-0.3, -0.25) is 28.6 Å². The molecule has 0 bridgehead atoms. The predicted octanol–water partition coefficient (Wildman–Crippen LogP) is -1.14. The Balaban J connectivity index is 4.74. The van der Waals surface area contributed by atoms with Crippen molar-refractivity contribution in [2.24, 2.45) is 0 Å². The molecular weight excluding hydrogens is 544 g/mol. The van der Waals surface area contributed by atoms with Gasteiger partial charge in [0.1, 0.15) is 0 Å². The zero-order valence-electron chi connectivity index (χ0n) is 22.4. The maximum atomic E-state index is 12.7. The zero-order chi connectivity index (χ0) is 30.0. The van der Waals surface area contributed by atoms with Gasteiger partial charge in [-0.2, -0.15) is 8.42 Å². The van der Waals surface area contributed by atoms with Crippen LogP contribution in [0.5, 0.6) is 0 Å². The highest BCUT2D eigenvalue weighted by Crippen LogP contribution is 2.10. The van der Waals surface area contributed by atoms with Crippen LogP contribution in [0.25, 0.3) is 0 Å². The normalized spacial score (nSPS) is 14.1. The maximum absolute atomic E-state index is 12.7. The number of hydrogen-bond acceptors (Lipinski definition) is 11. The number of carboxylic acids is 2. The molecule has 15 nitrogen and oxygen atoms in total. The third-order valence-corrected chi connectivity index (χ3v) is 6.24. The molecule has 0 aromatic carbocycles. The predicted molar refractivity (Wildman–Crippen MR) is 137 cm³/mol. The quantitative estimate of drug-likeness (QED) is 0.0665. The fraction of sp³-hybridized carbons (Fsp3) is 0.826. The van der Waals surface area contributed by atoms with E-state index in [1.807, 2.05) is 6.92 Å². The number of nitrogens with zero attached hydrogens (tertiary/aromatic N) is 2. The van der Waals surface area contributed by atoms with Crippen LogP contribution in [0.15, 0.2) is 0 Å². The molecule has 0 radical (unpaired) electrons. The Kier molecular flexibility index (Phi) is 18.7. The first-order valence-corrected chi connectivity index (χ1v) is 14.2. The Morgan fingerprint density at radius 3 is 1.82 bits per heavy atom. The SMILES string of the molecule is CCC(O)COCCCCOCC(O)CN(CCCC(=O)C(CS(=O)(=O)O)N(CC(=O)O)CC(=O)O)C(C)=O. The number of carboxylic acid groups (broad SMARTS) is 2. The minimum absolute atomic E-state index is 0.00443. The molecule has 0 aliphatic carbocycles. The van der Waals surface area contributed by atoms with Crippen molar-refractivity contribution < 1.29 is 62.0 Å². The first-order valence-electron chi connectivity index (χ1n) is 12.6. The molecule has 0 heterocycles. The van der Waals surface area contributed by atoms with E-state index in [9.17, 15) is 42.4 Å². The number of aliphatic hydroxyl groups excluding tert-OH is 2. The standard InChI is InChI=1S/C23H42N2O13S/c1-3-18(27)14-37-9-4-5-10-38-15-19(28)11-24(17(2)26)8-6-7-21(29)20(16-39(34,35)36)25(12-22(30)31)13-23(32)33/h18-20,27-28H,3-16H2,1-2H3,(H,30,31)(H,32,33)(H,34,35,36). The number of ketones is 1. The number of amides is 1. The average Bonchev–Trinajstić information content (AvgIpc) is 2.81. The Bertz CT molecular complexity index is 852. The second-order valence-electron chi connectivity index (χ2n) is 9.06. The molecule has 5 N–H and O–H groups in total. The Labute approximate surface area is 228 Å². The van der Waals surface area contributed by atoms with Gasteiger partial charge in [-0.1, -0.05) is 6.92 Å². The van der Waals surface area contributed by atoms with E-state index in [1.54, 1.807) is 0 Å². The number of carbonyl (C=O) groups excluding carboxylic acids is 2. The van der Waals surface area contributed by atoms with Crippen molar-refractivity contribution in [1.82, 2.24) is 9.80 Å². The third kappa shape index (κ3) is 19.5. The summed E-state index contributed by atoms with van der Waals surface area (Å²) in [6.45, 7) is 2.16. The van der Waals surface area contributed by atoms with Crippen molar-refractivity contribution >= 4 is 33.7 Å². The number of rotatable bonds is 24. The lowest BCUT2D eigenvalue weighted by Gasteiger charge is -2.28. The Hall–Kier alpha value is -2.21. The van der Waals surface area contributed by atoms with Crippen LogP contribution < -0.4 is 0 Å².